The Labute approximate surface area is 339 Å². The van der Waals surface area contributed by atoms with Gasteiger partial charge in [0.2, 0.25) is 0 Å². The zero-order chi connectivity index (χ0) is 33.9. The molecule has 0 saturated carbocycles. The predicted octanol–water partition coefficient (Wildman–Crippen LogP) is 3.22. The van der Waals surface area contributed by atoms with Crippen molar-refractivity contribution >= 4 is 15.7 Å². The van der Waals surface area contributed by atoms with Crippen LogP contribution in [0, 0.1) is 0 Å². The van der Waals surface area contributed by atoms with Crippen molar-refractivity contribution in [3.63, 3.8) is 0 Å². The van der Waals surface area contributed by atoms with Crippen LogP contribution in [0.4, 0.5) is 0 Å². The minimum atomic E-state index is -1.46. The second-order valence-corrected chi connectivity index (χ2v) is 23.9. The summed E-state index contributed by atoms with van der Waals surface area (Å²) < 4.78 is 24.3. The predicted molar refractivity (Wildman–Crippen MR) is 217 cm³/mol. The SMILES string of the molecule is C1CCN([P+](N2CCCCC2)(N2CCCCC2)N2CCCCC2)CC1.C1CCN([P+](N2CCCCC2)(N2CCCCC2)N2CCCCC2)CC1.[Br-].[Cl-]. The van der Waals surface area contributed by atoms with Gasteiger partial charge in [-0.05, 0) is 103 Å². The van der Waals surface area contributed by atoms with Crippen LogP contribution >= 0.6 is 15.7 Å². The molecule has 0 amide bonds. The first-order valence-corrected chi connectivity index (χ1v) is 25.9. The van der Waals surface area contributed by atoms with E-state index in [-0.39, 0.29) is 29.4 Å². The van der Waals surface area contributed by atoms with Crippen molar-refractivity contribution in [3.8, 4) is 0 Å². The maximum absolute atomic E-state index is 3.04. The summed E-state index contributed by atoms with van der Waals surface area (Å²) in [4.78, 5) is 0. The number of halogens is 2. The molecule has 8 saturated heterocycles. The van der Waals surface area contributed by atoms with Gasteiger partial charge in [0.05, 0.1) is 0 Å². The van der Waals surface area contributed by atoms with Gasteiger partial charge in [0.1, 0.15) is 0 Å². The fraction of sp³-hybridized carbons (Fsp3) is 1.00. The molecule has 0 atom stereocenters. The molecule has 0 aromatic rings. The first-order chi connectivity index (χ1) is 24.8. The molecular formula is C40H80BrClN8P2. The van der Waals surface area contributed by atoms with Crippen LogP contribution in [0.15, 0.2) is 0 Å². The lowest BCUT2D eigenvalue weighted by Crippen LogP contribution is -3.00. The highest BCUT2D eigenvalue weighted by Crippen LogP contribution is 2.73. The maximum atomic E-state index is 3.04. The van der Waals surface area contributed by atoms with Crippen molar-refractivity contribution in [2.75, 3.05) is 105 Å². The summed E-state index contributed by atoms with van der Waals surface area (Å²) in [6, 6.07) is 0. The lowest BCUT2D eigenvalue weighted by atomic mass is 10.2. The number of hydrogen-bond acceptors (Lipinski definition) is 8. The monoisotopic (exact) mass is 848 g/mol. The lowest BCUT2D eigenvalue weighted by molar-refractivity contribution is -0.001000. The molecule has 8 aliphatic heterocycles. The Morgan fingerprint density at radius 3 is 0.365 bits per heavy atom. The average Bonchev–Trinajstić information content (AvgIpc) is 3.22. The molecule has 0 unspecified atom stereocenters. The van der Waals surface area contributed by atoms with E-state index in [9.17, 15) is 0 Å². The molecule has 304 valence electrons. The summed E-state index contributed by atoms with van der Waals surface area (Å²) in [5.41, 5.74) is 0. The van der Waals surface area contributed by atoms with E-state index in [2.05, 4.69) is 37.4 Å². The molecule has 0 spiro atoms. The highest BCUT2D eigenvalue weighted by Gasteiger charge is 2.63. The molecule has 8 rings (SSSR count). The van der Waals surface area contributed by atoms with Crippen LogP contribution in [0.25, 0.3) is 0 Å². The Morgan fingerprint density at radius 2 is 0.269 bits per heavy atom. The van der Waals surface area contributed by atoms with Gasteiger partial charge in [-0.2, -0.15) is 0 Å². The lowest BCUT2D eigenvalue weighted by Gasteiger charge is -2.54. The number of hydrogen-bond donors (Lipinski definition) is 0. The Balaban J connectivity index is 0.000000194. The quantitative estimate of drug-likeness (QED) is 0.345. The van der Waals surface area contributed by atoms with Crippen molar-refractivity contribution in [2.45, 2.75) is 154 Å². The molecule has 0 aromatic carbocycles. The van der Waals surface area contributed by atoms with E-state index in [1.807, 2.05) is 0 Å². The average molecular weight is 850 g/mol. The summed E-state index contributed by atoms with van der Waals surface area (Å²) in [6.07, 6.45) is 34.5. The first kappa shape index (κ1) is 44.4. The number of nitrogens with zero attached hydrogens (tertiary/aromatic N) is 8. The summed E-state index contributed by atoms with van der Waals surface area (Å²) in [5, 5.41) is 0. The fourth-order valence-corrected chi connectivity index (χ4v) is 22.2. The van der Waals surface area contributed by atoms with Crippen LogP contribution in [0.5, 0.6) is 0 Å². The Kier molecular flexibility index (Phi) is 19.7. The van der Waals surface area contributed by atoms with Crippen molar-refractivity contribution in [3.05, 3.63) is 0 Å². The maximum Gasteiger partial charge on any atom is 0.308 e. The van der Waals surface area contributed by atoms with Gasteiger partial charge in [0.25, 0.3) is 0 Å². The van der Waals surface area contributed by atoms with Crippen LogP contribution in [-0.2, 0) is 0 Å². The summed E-state index contributed by atoms with van der Waals surface area (Å²) in [5.74, 6) is 0. The van der Waals surface area contributed by atoms with Crippen LogP contribution in [-0.4, -0.2) is 142 Å². The van der Waals surface area contributed by atoms with Gasteiger partial charge in [-0.25, -0.2) is 0 Å². The van der Waals surface area contributed by atoms with Gasteiger partial charge in [0, 0.05) is 105 Å². The largest absolute Gasteiger partial charge is 1.00 e. The standard InChI is InChI=1S/2C20H40N4P.BrH.ClH/c2*1-5-13-21(14-6-1)25(22-15-7-2-8-16-22,23-17-9-3-10-18-23)24-19-11-4-12-20-24;;/h2*1-20H2;2*1H/q2*+1;;/p-2. The van der Waals surface area contributed by atoms with E-state index in [0.717, 1.165) is 0 Å². The third kappa shape index (κ3) is 10.1. The molecule has 52 heavy (non-hydrogen) atoms. The van der Waals surface area contributed by atoms with Gasteiger partial charge in [0.15, 0.2) is 0 Å². The van der Waals surface area contributed by atoms with Gasteiger partial charge < -0.3 is 29.4 Å². The third-order valence-corrected chi connectivity index (χ3v) is 23.0. The van der Waals surface area contributed by atoms with Crippen LogP contribution in [0.3, 0.4) is 0 Å². The first-order valence-electron chi connectivity index (χ1n) is 22.7. The molecule has 0 aliphatic carbocycles. The molecule has 8 heterocycles. The molecule has 8 nitrogen and oxygen atoms in total. The fourth-order valence-electron chi connectivity index (χ4n) is 11.3. The van der Waals surface area contributed by atoms with E-state index in [1.54, 1.807) is 0 Å². The molecular weight excluding hydrogens is 770 g/mol. The minimum absolute atomic E-state index is 0. The zero-order valence-corrected chi connectivity index (χ0v) is 37.6. The van der Waals surface area contributed by atoms with E-state index >= 15 is 0 Å². The van der Waals surface area contributed by atoms with E-state index in [1.165, 1.54) is 259 Å². The Morgan fingerprint density at radius 1 is 0.173 bits per heavy atom. The minimum Gasteiger partial charge on any atom is -1.00 e. The molecule has 12 heteroatoms. The zero-order valence-electron chi connectivity index (χ0n) is 33.5. The highest BCUT2D eigenvalue weighted by atomic mass is 79.9. The van der Waals surface area contributed by atoms with Crippen LogP contribution < -0.4 is 29.4 Å². The van der Waals surface area contributed by atoms with Gasteiger partial charge >= 0.3 is 15.7 Å². The summed E-state index contributed by atoms with van der Waals surface area (Å²) in [6.45, 7) is 21.7. The second-order valence-electron chi connectivity index (χ2n) is 17.2. The molecule has 8 fully saturated rings. The topological polar surface area (TPSA) is 25.9 Å². The Bertz CT molecular complexity index is 724. The van der Waals surface area contributed by atoms with Gasteiger partial charge in [-0.15, -0.1) is 37.4 Å². The number of piperidine rings is 8. The molecule has 0 N–H and O–H groups in total. The van der Waals surface area contributed by atoms with E-state index < -0.39 is 15.7 Å². The van der Waals surface area contributed by atoms with Crippen molar-refractivity contribution < 1.29 is 29.4 Å². The van der Waals surface area contributed by atoms with Crippen molar-refractivity contribution in [2.24, 2.45) is 0 Å². The van der Waals surface area contributed by atoms with E-state index in [4.69, 9.17) is 0 Å². The van der Waals surface area contributed by atoms with E-state index in [0.29, 0.717) is 0 Å². The van der Waals surface area contributed by atoms with Crippen LogP contribution in [0.1, 0.15) is 154 Å². The highest BCUT2D eigenvalue weighted by molar-refractivity contribution is 7.67. The number of rotatable bonds is 8. The summed E-state index contributed by atoms with van der Waals surface area (Å²) >= 11 is 0. The van der Waals surface area contributed by atoms with Gasteiger partial charge in [-0.3, -0.25) is 0 Å². The normalized spacial score (nSPS) is 28.6. The third-order valence-electron chi connectivity index (χ3n) is 13.7. The van der Waals surface area contributed by atoms with Crippen LogP contribution in [0.2, 0.25) is 0 Å². The second kappa shape index (κ2) is 23.0. The molecule has 0 aromatic heterocycles. The Hall–Kier alpha value is 1.31. The van der Waals surface area contributed by atoms with Crippen molar-refractivity contribution in [1.29, 1.82) is 0 Å². The summed E-state index contributed by atoms with van der Waals surface area (Å²) in [7, 11) is -2.93. The molecule has 0 bridgehead atoms. The smallest absolute Gasteiger partial charge is 0.308 e. The van der Waals surface area contributed by atoms with Crippen molar-refractivity contribution in [1.82, 2.24) is 37.4 Å². The van der Waals surface area contributed by atoms with Gasteiger partial charge in [-0.1, -0.05) is 51.4 Å². The molecule has 8 aliphatic rings. The molecule has 0 radical (unpaired) electrons.